The molecule has 16 heavy (non-hydrogen) atoms. The Morgan fingerprint density at radius 1 is 1.56 bits per heavy atom. The topological polar surface area (TPSA) is 55.1 Å². The Bertz CT molecular complexity index is 512. The largest absolute Gasteiger partial charge is 0.364 e. The van der Waals surface area contributed by atoms with Gasteiger partial charge in [0.2, 0.25) is 0 Å². The SMILES string of the molecule is Cc1c(Cl)nc2ncnn2c1NCC(F)F. The maximum absolute atomic E-state index is 12.1. The van der Waals surface area contributed by atoms with E-state index in [2.05, 4.69) is 20.4 Å². The van der Waals surface area contributed by atoms with Crippen molar-refractivity contribution >= 4 is 23.2 Å². The third-order valence-corrected chi connectivity index (χ3v) is 2.40. The number of hydrogen-bond acceptors (Lipinski definition) is 4. The molecule has 1 N–H and O–H groups in total. The van der Waals surface area contributed by atoms with Gasteiger partial charge in [-0.2, -0.15) is 19.6 Å². The molecule has 0 aliphatic rings. The van der Waals surface area contributed by atoms with Gasteiger partial charge < -0.3 is 5.32 Å². The maximum Gasteiger partial charge on any atom is 0.255 e. The number of hydrogen-bond donors (Lipinski definition) is 1. The van der Waals surface area contributed by atoms with Gasteiger partial charge in [0.25, 0.3) is 12.2 Å². The van der Waals surface area contributed by atoms with Crippen LogP contribution in [0.3, 0.4) is 0 Å². The molecular formula is C8H8ClF2N5. The first-order valence-corrected chi connectivity index (χ1v) is 4.85. The molecule has 5 nitrogen and oxygen atoms in total. The molecule has 0 fully saturated rings. The van der Waals surface area contributed by atoms with E-state index in [1.165, 1.54) is 10.8 Å². The lowest BCUT2D eigenvalue weighted by Crippen LogP contribution is -2.15. The van der Waals surface area contributed by atoms with E-state index in [1.807, 2.05) is 0 Å². The fourth-order valence-electron chi connectivity index (χ4n) is 1.28. The number of alkyl halides is 2. The zero-order valence-corrected chi connectivity index (χ0v) is 9.04. The summed E-state index contributed by atoms with van der Waals surface area (Å²) in [5.41, 5.74) is 0.556. The van der Waals surface area contributed by atoms with Crippen LogP contribution in [0.4, 0.5) is 14.6 Å². The van der Waals surface area contributed by atoms with Gasteiger partial charge in [-0.1, -0.05) is 11.6 Å². The molecule has 2 rings (SSSR count). The minimum absolute atomic E-state index is 0.220. The van der Waals surface area contributed by atoms with Gasteiger partial charge in [0.05, 0.1) is 6.54 Å². The highest BCUT2D eigenvalue weighted by molar-refractivity contribution is 6.30. The lowest BCUT2D eigenvalue weighted by molar-refractivity contribution is 0.163. The summed E-state index contributed by atoms with van der Waals surface area (Å²) in [6.45, 7) is 1.19. The quantitative estimate of drug-likeness (QED) is 0.840. The fourth-order valence-corrected chi connectivity index (χ4v) is 1.44. The predicted octanol–water partition coefficient (Wildman–Crippen LogP) is 1.76. The van der Waals surface area contributed by atoms with Crippen LogP contribution in [0.1, 0.15) is 5.56 Å². The van der Waals surface area contributed by atoms with Crippen molar-refractivity contribution in [3.8, 4) is 0 Å². The molecule has 0 saturated heterocycles. The number of halogens is 3. The Morgan fingerprint density at radius 3 is 3.00 bits per heavy atom. The fraction of sp³-hybridized carbons (Fsp3) is 0.375. The average molecular weight is 248 g/mol. The first-order chi connectivity index (χ1) is 7.59. The number of anilines is 1. The lowest BCUT2D eigenvalue weighted by atomic mass is 10.3. The van der Waals surface area contributed by atoms with E-state index in [9.17, 15) is 8.78 Å². The van der Waals surface area contributed by atoms with E-state index in [0.717, 1.165) is 0 Å². The molecular weight excluding hydrogens is 240 g/mol. The van der Waals surface area contributed by atoms with Crippen molar-refractivity contribution in [3.63, 3.8) is 0 Å². The smallest absolute Gasteiger partial charge is 0.255 e. The summed E-state index contributed by atoms with van der Waals surface area (Å²) in [5, 5.41) is 6.66. The predicted molar refractivity (Wildman–Crippen MR) is 55.0 cm³/mol. The van der Waals surface area contributed by atoms with E-state index in [4.69, 9.17) is 11.6 Å². The molecule has 2 heterocycles. The summed E-state index contributed by atoms with van der Waals surface area (Å²) in [6.07, 6.45) is -1.17. The third kappa shape index (κ3) is 1.90. The highest BCUT2D eigenvalue weighted by Crippen LogP contribution is 2.21. The van der Waals surface area contributed by atoms with Crippen molar-refractivity contribution in [1.82, 2.24) is 19.6 Å². The minimum atomic E-state index is -2.45. The Morgan fingerprint density at radius 2 is 2.31 bits per heavy atom. The van der Waals surface area contributed by atoms with Crippen LogP contribution in [0.15, 0.2) is 6.33 Å². The molecule has 2 aromatic heterocycles. The molecule has 0 spiro atoms. The van der Waals surface area contributed by atoms with Gasteiger partial charge in [-0.25, -0.2) is 8.78 Å². The van der Waals surface area contributed by atoms with E-state index in [0.29, 0.717) is 11.4 Å². The summed E-state index contributed by atoms with van der Waals surface area (Å²) in [5.74, 6) is 0.653. The monoisotopic (exact) mass is 247 g/mol. The van der Waals surface area contributed by atoms with Gasteiger partial charge in [-0.05, 0) is 6.92 Å². The number of aromatic nitrogens is 4. The first-order valence-electron chi connectivity index (χ1n) is 4.47. The molecule has 0 aromatic carbocycles. The summed E-state index contributed by atoms with van der Waals surface area (Å²) >= 11 is 5.85. The Balaban J connectivity index is 2.47. The van der Waals surface area contributed by atoms with Crippen LogP contribution < -0.4 is 5.32 Å². The van der Waals surface area contributed by atoms with Gasteiger partial charge in [-0.15, -0.1) is 0 Å². The van der Waals surface area contributed by atoms with Crippen molar-refractivity contribution in [3.05, 3.63) is 17.0 Å². The number of nitrogens with zero attached hydrogens (tertiary/aromatic N) is 4. The van der Waals surface area contributed by atoms with Crippen LogP contribution in [-0.2, 0) is 0 Å². The molecule has 0 radical (unpaired) electrons. The summed E-state index contributed by atoms with van der Waals surface area (Å²) in [7, 11) is 0. The maximum atomic E-state index is 12.1. The second kappa shape index (κ2) is 4.17. The average Bonchev–Trinajstić information content (AvgIpc) is 2.65. The number of nitrogens with one attached hydrogen (secondary N) is 1. The van der Waals surface area contributed by atoms with Crippen molar-refractivity contribution in [2.75, 3.05) is 11.9 Å². The van der Waals surface area contributed by atoms with Crippen LogP contribution in [0, 0.1) is 6.92 Å². The molecule has 0 bridgehead atoms. The Hall–Kier alpha value is -1.50. The molecule has 0 amide bonds. The minimum Gasteiger partial charge on any atom is -0.364 e. The van der Waals surface area contributed by atoms with E-state index >= 15 is 0 Å². The molecule has 2 aromatic rings. The van der Waals surface area contributed by atoms with Gasteiger partial charge in [0.1, 0.15) is 17.3 Å². The second-order valence-electron chi connectivity index (χ2n) is 3.12. The van der Waals surface area contributed by atoms with Gasteiger partial charge in [0.15, 0.2) is 0 Å². The van der Waals surface area contributed by atoms with Crippen LogP contribution in [0.5, 0.6) is 0 Å². The van der Waals surface area contributed by atoms with Crippen LogP contribution in [0.2, 0.25) is 5.15 Å². The van der Waals surface area contributed by atoms with E-state index < -0.39 is 13.0 Å². The molecule has 0 atom stereocenters. The summed E-state index contributed by atoms with van der Waals surface area (Å²) in [6, 6.07) is 0. The molecule has 0 unspecified atom stereocenters. The van der Waals surface area contributed by atoms with Gasteiger partial charge >= 0.3 is 0 Å². The molecule has 0 saturated carbocycles. The Labute approximate surface area is 94.5 Å². The summed E-state index contributed by atoms with van der Waals surface area (Å²) < 4.78 is 25.6. The zero-order chi connectivity index (χ0) is 11.7. The van der Waals surface area contributed by atoms with Crippen molar-refractivity contribution < 1.29 is 8.78 Å². The van der Waals surface area contributed by atoms with Gasteiger partial charge in [0, 0.05) is 5.56 Å². The van der Waals surface area contributed by atoms with Crippen LogP contribution in [0.25, 0.3) is 5.78 Å². The van der Waals surface area contributed by atoms with Gasteiger partial charge in [-0.3, -0.25) is 0 Å². The third-order valence-electron chi connectivity index (χ3n) is 2.03. The molecule has 0 aliphatic heterocycles. The standard InChI is InChI=1S/C8H8ClF2N5/c1-4-6(9)15-8-13-3-14-16(8)7(4)12-2-5(10)11/h3,5,12H,2H2,1H3. The molecule has 86 valence electrons. The van der Waals surface area contributed by atoms with Crippen LogP contribution >= 0.6 is 11.6 Å². The first kappa shape index (κ1) is 11.0. The summed E-state index contributed by atoms with van der Waals surface area (Å²) in [4.78, 5) is 7.79. The highest BCUT2D eigenvalue weighted by Gasteiger charge is 2.13. The number of rotatable bonds is 3. The molecule has 8 heteroatoms. The Kier molecular flexibility index (Phi) is 2.86. The highest BCUT2D eigenvalue weighted by atomic mass is 35.5. The van der Waals surface area contributed by atoms with Crippen molar-refractivity contribution in [2.45, 2.75) is 13.3 Å². The molecule has 0 aliphatic carbocycles. The number of fused-ring (bicyclic) bond motifs is 1. The van der Waals surface area contributed by atoms with E-state index in [-0.39, 0.29) is 10.9 Å². The second-order valence-corrected chi connectivity index (χ2v) is 3.48. The van der Waals surface area contributed by atoms with E-state index in [1.54, 1.807) is 6.92 Å². The van der Waals surface area contributed by atoms with Crippen molar-refractivity contribution in [2.24, 2.45) is 0 Å². The lowest BCUT2D eigenvalue weighted by Gasteiger charge is -2.10. The van der Waals surface area contributed by atoms with Crippen molar-refractivity contribution in [1.29, 1.82) is 0 Å². The van der Waals surface area contributed by atoms with Crippen LogP contribution in [-0.4, -0.2) is 32.6 Å². The normalized spacial score (nSPS) is 11.3. The zero-order valence-electron chi connectivity index (χ0n) is 8.28.